The van der Waals surface area contributed by atoms with E-state index in [0.717, 1.165) is 15.6 Å². The molecule has 1 aliphatic heterocycles. The number of nitrogens with zero attached hydrogens (tertiary/aromatic N) is 2. The van der Waals surface area contributed by atoms with Crippen LogP contribution in [0.5, 0.6) is 0 Å². The molecule has 162 valence electrons. The lowest BCUT2D eigenvalue weighted by atomic mass is 10.0. The molecular formula is C25H21BrN2O3S. The summed E-state index contributed by atoms with van der Waals surface area (Å²) in [4.78, 5) is 31.3. The van der Waals surface area contributed by atoms with Gasteiger partial charge in [0.2, 0.25) is 0 Å². The Kier molecular flexibility index (Phi) is 6.67. The number of carbonyl (C=O) groups is 1. The highest BCUT2D eigenvalue weighted by atomic mass is 79.9. The molecule has 3 aromatic rings. The SMILES string of the molecule is CCOC(=O)C1=C(C)N=c2sc(=Cc3ccc(Br)cc3)c(=O)n2C1C=Cc1ccccc1. The predicted molar refractivity (Wildman–Crippen MR) is 131 cm³/mol. The predicted octanol–water partition coefficient (Wildman–Crippen LogP) is 4.23. The highest BCUT2D eigenvalue weighted by Crippen LogP contribution is 2.26. The van der Waals surface area contributed by atoms with Gasteiger partial charge in [0.1, 0.15) is 0 Å². The van der Waals surface area contributed by atoms with E-state index in [4.69, 9.17) is 4.74 Å². The Morgan fingerprint density at radius 3 is 2.56 bits per heavy atom. The standard InChI is InChI=1S/C25H21BrN2O3S/c1-3-31-24(30)22-16(2)27-25-28(20(22)14-11-17-7-5-4-6-8-17)23(29)21(32-25)15-18-9-12-19(26)13-10-18/h4-15,20H,3H2,1-2H3. The number of rotatable bonds is 5. The zero-order valence-corrected chi connectivity index (χ0v) is 20.0. The van der Waals surface area contributed by atoms with Crippen LogP contribution in [0.15, 0.2) is 86.2 Å². The molecule has 0 saturated heterocycles. The molecule has 0 aliphatic carbocycles. The molecule has 0 amide bonds. The Balaban J connectivity index is 1.87. The third-order valence-corrected chi connectivity index (χ3v) is 6.51. The average molecular weight is 509 g/mol. The number of thiazole rings is 1. The number of ether oxygens (including phenoxy) is 1. The molecule has 0 N–H and O–H groups in total. The second-order valence-corrected chi connectivity index (χ2v) is 9.09. The molecular weight excluding hydrogens is 488 g/mol. The fourth-order valence-electron chi connectivity index (χ4n) is 3.49. The van der Waals surface area contributed by atoms with Gasteiger partial charge >= 0.3 is 5.97 Å². The maximum absolute atomic E-state index is 13.4. The topological polar surface area (TPSA) is 60.7 Å². The number of fused-ring (bicyclic) bond motifs is 1. The molecule has 0 radical (unpaired) electrons. The lowest BCUT2D eigenvalue weighted by Gasteiger charge is -2.21. The average Bonchev–Trinajstić information content (AvgIpc) is 3.09. The number of hydrogen-bond donors (Lipinski definition) is 0. The van der Waals surface area contributed by atoms with E-state index in [1.165, 1.54) is 11.3 Å². The van der Waals surface area contributed by atoms with Crippen molar-refractivity contribution in [3.63, 3.8) is 0 Å². The van der Waals surface area contributed by atoms with Gasteiger partial charge in [-0.05, 0) is 43.2 Å². The highest BCUT2D eigenvalue weighted by molar-refractivity contribution is 9.10. The summed E-state index contributed by atoms with van der Waals surface area (Å²) in [6.07, 6.45) is 5.62. The summed E-state index contributed by atoms with van der Waals surface area (Å²) in [5, 5.41) is 0. The van der Waals surface area contributed by atoms with Crippen LogP contribution in [0.1, 0.15) is 31.0 Å². The van der Waals surface area contributed by atoms with Crippen LogP contribution in [0, 0.1) is 0 Å². The second-order valence-electron chi connectivity index (χ2n) is 7.17. The van der Waals surface area contributed by atoms with Gasteiger partial charge in [-0.2, -0.15) is 0 Å². The zero-order valence-electron chi connectivity index (χ0n) is 17.6. The van der Waals surface area contributed by atoms with Crippen molar-refractivity contribution in [3.8, 4) is 0 Å². The van der Waals surface area contributed by atoms with Crippen LogP contribution in [-0.2, 0) is 9.53 Å². The van der Waals surface area contributed by atoms with Crippen molar-refractivity contribution in [3.05, 3.63) is 107 Å². The van der Waals surface area contributed by atoms with E-state index in [0.29, 0.717) is 20.6 Å². The first-order chi connectivity index (χ1) is 15.5. The first kappa shape index (κ1) is 22.2. The van der Waals surface area contributed by atoms with Crippen molar-refractivity contribution in [1.29, 1.82) is 0 Å². The van der Waals surface area contributed by atoms with Gasteiger partial charge in [0.05, 0.1) is 28.5 Å². The first-order valence-corrected chi connectivity index (χ1v) is 11.8. The van der Waals surface area contributed by atoms with Gasteiger partial charge in [-0.25, -0.2) is 9.79 Å². The normalized spacial score (nSPS) is 16.2. The number of carbonyl (C=O) groups excluding carboxylic acids is 1. The molecule has 32 heavy (non-hydrogen) atoms. The molecule has 1 aromatic heterocycles. The van der Waals surface area contributed by atoms with Gasteiger partial charge in [-0.15, -0.1) is 0 Å². The Labute approximate surface area is 197 Å². The molecule has 7 heteroatoms. The van der Waals surface area contributed by atoms with Gasteiger partial charge in [-0.3, -0.25) is 9.36 Å². The van der Waals surface area contributed by atoms with Crippen LogP contribution < -0.4 is 14.9 Å². The number of benzene rings is 2. The molecule has 0 spiro atoms. The van der Waals surface area contributed by atoms with E-state index >= 15 is 0 Å². The maximum Gasteiger partial charge on any atom is 0.338 e. The van der Waals surface area contributed by atoms with Crippen molar-refractivity contribution < 1.29 is 9.53 Å². The van der Waals surface area contributed by atoms with Crippen LogP contribution in [0.4, 0.5) is 0 Å². The minimum Gasteiger partial charge on any atom is -0.463 e. The quantitative estimate of drug-likeness (QED) is 0.484. The molecule has 5 nitrogen and oxygen atoms in total. The number of halogens is 1. The van der Waals surface area contributed by atoms with Crippen molar-refractivity contribution in [2.45, 2.75) is 19.9 Å². The number of aromatic nitrogens is 1. The van der Waals surface area contributed by atoms with Crippen LogP contribution in [-0.4, -0.2) is 17.1 Å². The van der Waals surface area contributed by atoms with Gasteiger partial charge in [-0.1, -0.05) is 81.9 Å². The fourth-order valence-corrected chi connectivity index (χ4v) is 4.81. The van der Waals surface area contributed by atoms with Gasteiger partial charge in [0, 0.05) is 4.47 Å². The third kappa shape index (κ3) is 4.59. The van der Waals surface area contributed by atoms with Crippen molar-refractivity contribution in [2.75, 3.05) is 6.61 Å². The number of allylic oxidation sites excluding steroid dienone is 2. The van der Waals surface area contributed by atoms with Crippen LogP contribution in [0.25, 0.3) is 12.2 Å². The molecule has 2 aromatic carbocycles. The Morgan fingerprint density at radius 2 is 1.88 bits per heavy atom. The van der Waals surface area contributed by atoms with E-state index in [1.54, 1.807) is 18.4 Å². The van der Waals surface area contributed by atoms with E-state index in [2.05, 4.69) is 20.9 Å². The molecule has 2 heterocycles. The lowest BCUT2D eigenvalue weighted by molar-refractivity contribution is -0.139. The second kappa shape index (κ2) is 9.63. The molecule has 4 rings (SSSR count). The van der Waals surface area contributed by atoms with Crippen molar-refractivity contribution >= 4 is 45.4 Å². The van der Waals surface area contributed by atoms with Crippen molar-refractivity contribution in [2.24, 2.45) is 4.99 Å². The van der Waals surface area contributed by atoms with Crippen LogP contribution in [0.3, 0.4) is 0 Å². The Hall–Kier alpha value is -3.03. The molecule has 0 saturated carbocycles. The van der Waals surface area contributed by atoms with Gasteiger partial charge in [0.25, 0.3) is 5.56 Å². The summed E-state index contributed by atoms with van der Waals surface area (Å²) in [7, 11) is 0. The van der Waals surface area contributed by atoms with Crippen molar-refractivity contribution in [1.82, 2.24) is 4.57 Å². The fraction of sp³-hybridized carbons (Fsp3) is 0.160. The first-order valence-electron chi connectivity index (χ1n) is 10.2. The lowest BCUT2D eigenvalue weighted by Crippen LogP contribution is -2.38. The third-order valence-electron chi connectivity index (χ3n) is 5.00. The van der Waals surface area contributed by atoms with E-state index < -0.39 is 12.0 Å². The minimum atomic E-state index is -0.599. The van der Waals surface area contributed by atoms with Crippen LogP contribution >= 0.6 is 27.3 Å². The van der Waals surface area contributed by atoms with E-state index in [9.17, 15) is 9.59 Å². The summed E-state index contributed by atoms with van der Waals surface area (Å²) in [5.74, 6) is -0.460. The minimum absolute atomic E-state index is 0.186. The smallest absolute Gasteiger partial charge is 0.338 e. The summed E-state index contributed by atoms with van der Waals surface area (Å²) >= 11 is 4.74. The Bertz CT molecular complexity index is 1380. The van der Waals surface area contributed by atoms with Gasteiger partial charge in [0.15, 0.2) is 4.80 Å². The molecule has 0 bridgehead atoms. The molecule has 1 aliphatic rings. The largest absolute Gasteiger partial charge is 0.463 e. The zero-order chi connectivity index (χ0) is 22.7. The maximum atomic E-state index is 13.4. The number of esters is 1. The summed E-state index contributed by atoms with van der Waals surface area (Å²) in [5.41, 5.74) is 2.64. The summed E-state index contributed by atoms with van der Waals surface area (Å²) in [6.45, 7) is 3.79. The Morgan fingerprint density at radius 1 is 1.16 bits per heavy atom. The monoisotopic (exact) mass is 508 g/mol. The van der Waals surface area contributed by atoms with E-state index in [1.807, 2.05) is 72.8 Å². The molecule has 0 fully saturated rings. The summed E-state index contributed by atoms with van der Waals surface area (Å²) < 4.78 is 8.39. The summed E-state index contributed by atoms with van der Waals surface area (Å²) in [6, 6.07) is 16.9. The molecule has 1 atom stereocenters. The molecule has 1 unspecified atom stereocenters. The van der Waals surface area contributed by atoms with Crippen LogP contribution in [0.2, 0.25) is 0 Å². The van der Waals surface area contributed by atoms with Gasteiger partial charge < -0.3 is 4.74 Å². The highest BCUT2D eigenvalue weighted by Gasteiger charge is 2.30. The number of hydrogen-bond acceptors (Lipinski definition) is 5. The van der Waals surface area contributed by atoms with E-state index in [-0.39, 0.29) is 12.2 Å².